The molecule has 1 aliphatic carbocycles. The first kappa shape index (κ1) is 19.8. The number of guanidine groups is 1. The molecule has 25 heavy (non-hydrogen) atoms. The van der Waals surface area contributed by atoms with Gasteiger partial charge in [-0.1, -0.05) is 43.9 Å². The van der Waals surface area contributed by atoms with E-state index in [0.29, 0.717) is 17.9 Å². The summed E-state index contributed by atoms with van der Waals surface area (Å²) in [5, 5.41) is 6.51. The molecule has 0 bridgehead atoms. The smallest absolute Gasteiger partial charge is 0.190 e. The van der Waals surface area contributed by atoms with Crippen molar-refractivity contribution >= 4 is 15.8 Å². The number of nitrogens with one attached hydrogen (secondary N) is 2. The van der Waals surface area contributed by atoms with E-state index >= 15 is 0 Å². The summed E-state index contributed by atoms with van der Waals surface area (Å²) in [5.74, 6) is 1.81. The summed E-state index contributed by atoms with van der Waals surface area (Å²) in [7, 11) is -1.45. The quantitative estimate of drug-likeness (QED) is 0.401. The van der Waals surface area contributed by atoms with Gasteiger partial charge >= 0.3 is 0 Å². The normalized spacial score (nSPS) is 16.1. The van der Waals surface area contributed by atoms with Gasteiger partial charge in [-0.15, -0.1) is 0 Å². The lowest BCUT2D eigenvalue weighted by Gasteiger charge is -2.13. The lowest BCUT2D eigenvalue weighted by atomic mass is 10.0. The minimum Gasteiger partial charge on any atom is -0.356 e. The monoisotopic (exact) mass is 365 g/mol. The van der Waals surface area contributed by atoms with Gasteiger partial charge in [-0.25, -0.2) is 8.42 Å². The summed E-state index contributed by atoms with van der Waals surface area (Å²) in [6.45, 7) is 1.51. The van der Waals surface area contributed by atoms with Crippen molar-refractivity contribution in [1.82, 2.24) is 10.6 Å². The number of hydrogen-bond acceptors (Lipinski definition) is 3. The van der Waals surface area contributed by atoms with Gasteiger partial charge in [-0.05, 0) is 37.3 Å². The van der Waals surface area contributed by atoms with E-state index in [1.165, 1.54) is 32.1 Å². The molecule has 0 aliphatic heterocycles. The van der Waals surface area contributed by atoms with Gasteiger partial charge in [0.15, 0.2) is 15.8 Å². The molecule has 6 heteroatoms. The third kappa shape index (κ3) is 7.06. The molecule has 0 heterocycles. The lowest BCUT2D eigenvalue weighted by molar-refractivity contribution is 0.481. The molecule has 0 unspecified atom stereocenters. The van der Waals surface area contributed by atoms with Crippen LogP contribution in [-0.4, -0.2) is 40.3 Å². The highest BCUT2D eigenvalue weighted by Gasteiger charge is 2.14. The standard InChI is InChI=1S/C19H31N3O2S/c1-20-19(21-14-7-11-17-9-5-6-10-17)22-15-8-16-25(23,24)18-12-3-2-4-13-18/h2-4,12-13,17H,5-11,14-16H2,1H3,(H2,20,21,22). The van der Waals surface area contributed by atoms with Crippen molar-refractivity contribution in [3.63, 3.8) is 0 Å². The van der Waals surface area contributed by atoms with Crippen molar-refractivity contribution in [3.8, 4) is 0 Å². The van der Waals surface area contributed by atoms with Gasteiger partial charge in [0.25, 0.3) is 0 Å². The Labute approximate surface area is 152 Å². The number of aliphatic imine (C=N–C) groups is 1. The van der Waals surface area contributed by atoms with Crippen molar-refractivity contribution < 1.29 is 8.42 Å². The van der Waals surface area contributed by atoms with Gasteiger partial charge in [-0.3, -0.25) is 4.99 Å². The molecule has 0 atom stereocenters. The van der Waals surface area contributed by atoms with E-state index < -0.39 is 9.84 Å². The van der Waals surface area contributed by atoms with Crippen LogP contribution in [0.2, 0.25) is 0 Å². The van der Waals surface area contributed by atoms with Crippen molar-refractivity contribution in [2.45, 2.75) is 49.8 Å². The number of benzene rings is 1. The molecular weight excluding hydrogens is 334 g/mol. The van der Waals surface area contributed by atoms with Crippen molar-refractivity contribution in [2.75, 3.05) is 25.9 Å². The van der Waals surface area contributed by atoms with Crippen LogP contribution in [0.3, 0.4) is 0 Å². The van der Waals surface area contributed by atoms with Crippen LogP contribution in [0.5, 0.6) is 0 Å². The van der Waals surface area contributed by atoms with Crippen molar-refractivity contribution in [1.29, 1.82) is 0 Å². The van der Waals surface area contributed by atoms with Crippen LogP contribution >= 0.6 is 0 Å². The molecule has 140 valence electrons. The average molecular weight is 366 g/mol. The summed E-state index contributed by atoms with van der Waals surface area (Å²) < 4.78 is 24.4. The number of sulfone groups is 1. The molecule has 0 spiro atoms. The van der Waals surface area contributed by atoms with Gasteiger partial charge in [0.05, 0.1) is 10.6 Å². The summed E-state index contributed by atoms with van der Waals surface area (Å²) in [6.07, 6.45) is 8.58. The molecular formula is C19H31N3O2S. The second kappa shape index (κ2) is 10.4. The molecule has 0 aromatic heterocycles. The van der Waals surface area contributed by atoms with E-state index in [1.54, 1.807) is 31.3 Å². The second-order valence-electron chi connectivity index (χ2n) is 6.70. The predicted molar refractivity (Wildman–Crippen MR) is 104 cm³/mol. The average Bonchev–Trinajstić information content (AvgIpc) is 3.14. The Morgan fingerprint density at radius 1 is 1.08 bits per heavy atom. The summed E-state index contributed by atoms with van der Waals surface area (Å²) in [5.41, 5.74) is 0. The fraction of sp³-hybridized carbons (Fsp3) is 0.632. The predicted octanol–water partition coefficient (Wildman–Crippen LogP) is 2.99. The zero-order valence-electron chi connectivity index (χ0n) is 15.2. The minimum absolute atomic E-state index is 0.142. The van der Waals surface area contributed by atoms with Crippen LogP contribution < -0.4 is 10.6 Å². The summed E-state index contributed by atoms with van der Waals surface area (Å²) in [4.78, 5) is 4.59. The molecule has 0 amide bonds. The van der Waals surface area contributed by atoms with E-state index in [2.05, 4.69) is 15.6 Å². The Morgan fingerprint density at radius 2 is 1.72 bits per heavy atom. The molecule has 0 saturated heterocycles. The Morgan fingerprint density at radius 3 is 2.36 bits per heavy atom. The molecule has 1 fully saturated rings. The fourth-order valence-corrected chi connectivity index (χ4v) is 4.66. The molecule has 0 radical (unpaired) electrons. The van der Waals surface area contributed by atoms with Crippen LogP contribution in [-0.2, 0) is 9.84 Å². The third-order valence-electron chi connectivity index (χ3n) is 4.76. The largest absolute Gasteiger partial charge is 0.356 e. The molecule has 1 aromatic carbocycles. The van der Waals surface area contributed by atoms with Crippen LogP contribution in [0.1, 0.15) is 44.9 Å². The van der Waals surface area contributed by atoms with E-state index in [9.17, 15) is 8.42 Å². The zero-order valence-corrected chi connectivity index (χ0v) is 16.0. The Kier molecular flexibility index (Phi) is 8.25. The van der Waals surface area contributed by atoms with Crippen LogP contribution in [0.15, 0.2) is 40.2 Å². The van der Waals surface area contributed by atoms with Gasteiger partial charge in [-0.2, -0.15) is 0 Å². The maximum absolute atomic E-state index is 12.2. The number of nitrogens with zero attached hydrogens (tertiary/aromatic N) is 1. The highest BCUT2D eigenvalue weighted by Crippen LogP contribution is 2.28. The Hall–Kier alpha value is -1.56. The topological polar surface area (TPSA) is 70.6 Å². The fourth-order valence-electron chi connectivity index (χ4n) is 3.33. The maximum Gasteiger partial charge on any atom is 0.190 e. The van der Waals surface area contributed by atoms with E-state index in [0.717, 1.165) is 24.8 Å². The second-order valence-corrected chi connectivity index (χ2v) is 8.81. The molecule has 1 saturated carbocycles. The zero-order chi connectivity index (χ0) is 18.0. The minimum atomic E-state index is -3.20. The Balaban J connectivity index is 1.60. The summed E-state index contributed by atoms with van der Waals surface area (Å²) in [6, 6.07) is 8.62. The number of rotatable bonds is 9. The SMILES string of the molecule is CN=C(NCCCC1CCCC1)NCCCS(=O)(=O)c1ccccc1. The first-order chi connectivity index (χ1) is 12.1. The molecule has 1 aromatic rings. The van der Waals surface area contributed by atoms with Gasteiger partial charge in [0.1, 0.15) is 0 Å². The van der Waals surface area contributed by atoms with Gasteiger partial charge in [0.2, 0.25) is 0 Å². The molecule has 1 aliphatic rings. The molecule has 2 N–H and O–H groups in total. The summed E-state index contributed by atoms with van der Waals surface area (Å²) >= 11 is 0. The Bertz CT molecular complexity index is 623. The van der Waals surface area contributed by atoms with E-state index in [-0.39, 0.29) is 5.75 Å². The van der Waals surface area contributed by atoms with Gasteiger partial charge < -0.3 is 10.6 Å². The van der Waals surface area contributed by atoms with E-state index in [4.69, 9.17) is 0 Å². The van der Waals surface area contributed by atoms with E-state index in [1.807, 2.05) is 6.07 Å². The lowest BCUT2D eigenvalue weighted by Crippen LogP contribution is -2.38. The first-order valence-corrected chi connectivity index (χ1v) is 11.0. The van der Waals surface area contributed by atoms with Crippen LogP contribution in [0, 0.1) is 5.92 Å². The number of hydrogen-bond donors (Lipinski definition) is 2. The highest BCUT2D eigenvalue weighted by atomic mass is 32.2. The van der Waals surface area contributed by atoms with Gasteiger partial charge in [0, 0.05) is 20.1 Å². The van der Waals surface area contributed by atoms with Crippen molar-refractivity contribution in [3.05, 3.63) is 30.3 Å². The molecule has 2 rings (SSSR count). The third-order valence-corrected chi connectivity index (χ3v) is 6.58. The first-order valence-electron chi connectivity index (χ1n) is 9.34. The van der Waals surface area contributed by atoms with Crippen molar-refractivity contribution in [2.24, 2.45) is 10.9 Å². The highest BCUT2D eigenvalue weighted by molar-refractivity contribution is 7.91. The molecule has 5 nitrogen and oxygen atoms in total. The van der Waals surface area contributed by atoms with Crippen LogP contribution in [0.25, 0.3) is 0 Å². The van der Waals surface area contributed by atoms with Crippen LogP contribution in [0.4, 0.5) is 0 Å². The maximum atomic E-state index is 12.2.